The first-order valence-electron chi connectivity index (χ1n) is 5.94. The number of likely N-dealkylation sites (N-methyl/N-ethyl adjacent to an activating group) is 2. The molecule has 0 aliphatic carbocycles. The van der Waals surface area contributed by atoms with Crippen LogP contribution in [0.25, 0.3) is 0 Å². The third-order valence-electron chi connectivity index (χ3n) is 3.08. The van der Waals surface area contributed by atoms with Crippen molar-refractivity contribution in [1.82, 2.24) is 19.8 Å². The van der Waals surface area contributed by atoms with E-state index in [4.69, 9.17) is 11.7 Å². The highest BCUT2D eigenvalue weighted by Gasteiger charge is 2.09. The molecule has 0 aromatic carbocycles. The van der Waals surface area contributed by atoms with Gasteiger partial charge in [-0.2, -0.15) is 0 Å². The topological polar surface area (TPSA) is 65.0 Å². The normalized spacial score (nSPS) is 26.2. The molecule has 4 N–H and O–H groups in total. The van der Waals surface area contributed by atoms with Crippen molar-refractivity contribution in [3.63, 3.8) is 0 Å². The minimum atomic E-state index is 1.01. The summed E-state index contributed by atoms with van der Waals surface area (Å²) in [5.41, 5.74) is 0. The summed E-state index contributed by atoms with van der Waals surface area (Å²) >= 11 is 0. The van der Waals surface area contributed by atoms with Gasteiger partial charge >= 0.3 is 0 Å². The Hall–Kier alpha value is -0.240. The fraction of sp³-hybridized carbons (Fsp3) is 1.00. The molecule has 0 spiro atoms. The van der Waals surface area contributed by atoms with Gasteiger partial charge in [0.05, 0.1) is 0 Å². The first-order chi connectivity index (χ1) is 7.58. The zero-order valence-electron chi connectivity index (χ0n) is 10.6. The third-order valence-corrected chi connectivity index (χ3v) is 3.08. The molecule has 0 atom stereocenters. The summed E-state index contributed by atoms with van der Waals surface area (Å²) in [6.45, 7) is 8.47. The number of rotatable bonds is 0. The molecular formula is C10H26N6. The molecule has 0 aromatic heterocycles. The standard InChI is InChI=1S/2C5H13N3/c2*1-7-2-4-8(6)5-3-7/h2*2-6H2,1H3. The third kappa shape index (κ3) is 5.74. The van der Waals surface area contributed by atoms with Gasteiger partial charge in [0.1, 0.15) is 0 Å². The second-order valence-corrected chi connectivity index (χ2v) is 4.68. The van der Waals surface area contributed by atoms with Crippen LogP contribution in [0.5, 0.6) is 0 Å². The van der Waals surface area contributed by atoms with Gasteiger partial charge in [0, 0.05) is 52.4 Å². The summed E-state index contributed by atoms with van der Waals surface area (Å²) in [7, 11) is 4.24. The Morgan fingerprint density at radius 3 is 1.00 bits per heavy atom. The van der Waals surface area contributed by atoms with Crippen molar-refractivity contribution in [2.24, 2.45) is 11.7 Å². The van der Waals surface area contributed by atoms with Crippen molar-refractivity contribution in [3.8, 4) is 0 Å². The van der Waals surface area contributed by atoms with E-state index in [1.54, 1.807) is 0 Å². The minimum absolute atomic E-state index is 1.01. The molecule has 0 saturated carbocycles. The van der Waals surface area contributed by atoms with Gasteiger partial charge < -0.3 is 9.80 Å². The molecule has 0 unspecified atom stereocenters. The highest BCUT2D eigenvalue weighted by Crippen LogP contribution is 1.91. The van der Waals surface area contributed by atoms with Gasteiger partial charge in [-0.15, -0.1) is 0 Å². The van der Waals surface area contributed by atoms with Crippen LogP contribution in [0, 0.1) is 0 Å². The van der Waals surface area contributed by atoms with Gasteiger partial charge in [0.25, 0.3) is 0 Å². The largest absolute Gasteiger partial charge is 0.304 e. The van der Waals surface area contributed by atoms with Crippen LogP contribution in [-0.4, -0.2) is 86.3 Å². The maximum absolute atomic E-state index is 5.50. The summed E-state index contributed by atoms with van der Waals surface area (Å²) in [5, 5.41) is 3.72. The molecule has 2 heterocycles. The number of nitrogens with zero attached hydrogens (tertiary/aromatic N) is 4. The van der Waals surface area contributed by atoms with Gasteiger partial charge in [0.15, 0.2) is 0 Å². The number of hydrogen-bond acceptors (Lipinski definition) is 6. The number of piperazine rings is 2. The zero-order valence-corrected chi connectivity index (χ0v) is 10.6. The van der Waals surface area contributed by atoms with Crippen LogP contribution in [0.1, 0.15) is 0 Å². The molecule has 0 radical (unpaired) electrons. The molecule has 6 nitrogen and oxygen atoms in total. The maximum atomic E-state index is 5.50. The van der Waals surface area contributed by atoms with Crippen molar-refractivity contribution >= 4 is 0 Å². The predicted molar refractivity (Wildman–Crippen MR) is 66.5 cm³/mol. The smallest absolute Gasteiger partial charge is 0.0256 e. The average Bonchev–Trinajstić information content (AvgIpc) is 2.28. The Labute approximate surface area is 98.7 Å². The van der Waals surface area contributed by atoms with E-state index in [9.17, 15) is 0 Å². The Morgan fingerprint density at radius 2 is 0.812 bits per heavy atom. The summed E-state index contributed by atoms with van der Waals surface area (Å²) in [4.78, 5) is 4.56. The van der Waals surface area contributed by atoms with E-state index >= 15 is 0 Å². The minimum Gasteiger partial charge on any atom is -0.304 e. The molecule has 2 fully saturated rings. The molecule has 0 aromatic rings. The molecule has 2 saturated heterocycles. The molecule has 0 amide bonds. The molecule has 2 aliphatic rings. The summed E-state index contributed by atoms with van der Waals surface area (Å²) in [6, 6.07) is 0. The monoisotopic (exact) mass is 230 g/mol. The fourth-order valence-corrected chi connectivity index (χ4v) is 1.64. The molecule has 0 bridgehead atoms. The van der Waals surface area contributed by atoms with Gasteiger partial charge in [-0.3, -0.25) is 11.7 Å². The lowest BCUT2D eigenvalue weighted by Crippen LogP contribution is -2.47. The lowest BCUT2D eigenvalue weighted by molar-refractivity contribution is 0.156. The van der Waals surface area contributed by atoms with E-state index in [0.29, 0.717) is 0 Å². The number of hydrazine groups is 2. The SMILES string of the molecule is CN1CCN(N)CC1.CN1CCN(N)CC1. The van der Waals surface area contributed by atoms with Crippen molar-refractivity contribution in [2.75, 3.05) is 66.5 Å². The fourth-order valence-electron chi connectivity index (χ4n) is 1.64. The van der Waals surface area contributed by atoms with Crippen LogP contribution in [-0.2, 0) is 0 Å². The van der Waals surface area contributed by atoms with Gasteiger partial charge in [-0.1, -0.05) is 0 Å². The highest BCUT2D eigenvalue weighted by atomic mass is 15.4. The van der Waals surface area contributed by atoms with Crippen LogP contribution in [0.4, 0.5) is 0 Å². The lowest BCUT2D eigenvalue weighted by Gasteiger charge is -2.28. The molecule has 2 aliphatic heterocycles. The molecule has 16 heavy (non-hydrogen) atoms. The van der Waals surface area contributed by atoms with Gasteiger partial charge in [-0.25, -0.2) is 10.0 Å². The van der Waals surface area contributed by atoms with Crippen LogP contribution in [0.15, 0.2) is 0 Å². The Bertz CT molecular complexity index is 132. The van der Waals surface area contributed by atoms with Crippen LogP contribution >= 0.6 is 0 Å². The number of hydrogen-bond donors (Lipinski definition) is 2. The lowest BCUT2D eigenvalue weighted by atomic mass is 10.4. The van der Waals surface area contributed by atoms with Crippen LogP contribution < -0.4 is 11.7 Å². The van der Waals surface area contributed by atoms with Crippen molar-refractivity contribution in [3.05, 3.63) is 0 Å². The maximum Gasteiger partial charge on any atom is 0.0256 e. The summed E-state index contributed by atoms with van der Waals surface area (Å²) in [6.07, 6.45) is 0. The van der Waals surface area contributed by atoms with Gasteiger partial charge in [0.2, 0.25) is 0 Å². The highest BCUT2D eigenvalue weighted by molar-refractivity contribution is 4.63. The van der Waals surface area contributed by atoms with Crippen molar-refractivity contribution < 1.29 is 0 Å². The van der Waals surface area contributed by atoms with Crippen LogP contribution in [0.3, 0.4) is 0 Å². The zero-order chi connectivity index (χ0) is 12.0. The molecule has 6 heteroatoms. The summed E-state index contributed by atoms with van der Waals surface area (Å²) < 4.78 is 0. The Balaban J connectivity index is 0.000000160. The Morgan fingerprint density at radius 1 is 0.562 bits per heavy atom. The van der Waals surface area contributed by atoms with Crippen molar-refractivity contribution in [2.45, 2.75) is 0 Å². The van der Waals surface area contributed by atoms with E-state index in [-0.39, 0.29) is 0 Å². The first kappa shape index (κ1) is 13.8. The Kier molecular flexibility index (Phi) is 6.18. The molecule has 2 rings (SSSR count). The average molecular weight is 230 g/mol. The van der Waals surface area contributed by atoms with E-state index in [1.165, 1.54) is 0 Å². The molecular weight excluding hydrogens is 204 g/mol. The van der Waals surface area contributed by atoms with E-state index in [0.717, 1.165) is 52.4 Å². The second kappa shape index (κ2) is 7.16. The van der Waals surface area contributed by atoms with Crippen LogP contribution in [0.2, 0.25) is 0 Å². The van der Waals surface area contributed by atoms with Gasteiger partial charge in [-0.05, 0) is 14.1 Å². The number of nitrogens with two attached hydrogens (primary N) is 2. The predicted octanol–water partition coefficient (Wildman–Crippen LogP) is -1.78. The van der Waals surface area contributed by atoms with E-state index < -0.39 is 0 Å². The van der Waals surface area contributed by atoms with E-state index in [1.807, 2.05) is 10.0 Å². The summed E-state index contributed by atoms with van der Waals surface area (Å²) in [5.74, 6) is 11.0. The second-order valence-electron chi connectivity index (χ2n) is 4.68. The quantitative estimate of drug-likeness (QED) is 0.480. The van der Waals surface area contributed by atoms with Crippen molar-refractivity contribution in [1.29, 1.82) is 0 Å². The molecule has 96 valence electrons. The van der Waals surface area contributed by atoms with E-state index in [2.05, 4.69) is 23.9 Å². The first-order valence-corrected chi connectivity index (χ1v) is 5.94.